The molecule has 6 nitrogen and oxygen atoms in total. The summed E-state index contributed by atoms with van der Waals surface area (Å²) in [7, 11) is -5.97. The molecule has 1 aromatic heterocycles. The van der Waals surface area contributed by atoms with Gasteiger partial charge in [0.2, 0.25) is 0 Å². The van der Waals surface area contributed by atoms with Crippen molar-refractivity contribution in [3.05, 3.63) is 34.4 Å². The smallest absolute Gasteiger partial charge is 0.353 e. The van der Waals surface area contributed by atoms with Gasteiger partial charge in [0.05, 0.1) is 10.8 Å². The number of rotatable bonds is 2. The zero-order chi connectivity index (χ0) is 15.1. The second-order valence-corrected chi connectivity index (χ2v) is 5.04. The van der Waals surface area contributed by atoms with Gasteiger partial charge in [0.25, 0.3) is 11.4 Å². The Morgan fingerprint density at radius 3 is 2.50 bits per heavy atom. The number of nitrogens with one attached hydrogen (secondary N) is 1. The number of hydrogen-bond donors (Lipinski definition) is 1. The molecule has 1 heterocycles. The molecule has 0 fully saturated rings. The molecule has 0 atom stereocenters. The van der Waals surface area contributed by atoms with Crippen LogP contribution in [0.25, 0.3) is 10.8 Å². The maximum atomic E-state index is 13.4. The fraction of sp³-hybridized carbons (Fsp3) is 0.111. The number of fused-ring (bicyclic) bond motifs is 1. The first-order chi connectivity index (χ1) is 9.13. The van der Waals surface area contributed by atoms with Crippen LogP contribution in [0.3, 0.4) is 0 Å². The molecule has 0 radical (unpaired) electrons. The summed E-state index contributed by atoms with van der Waals surface area (Å²) in [5.41, 5.74) is -6.71. The highest BCUT2D eigenvalue weighted by Gasteiger charge is 2.49. The Morgan fingerprint density at radius 2 is 1.90 bits per heavy atom. The summed E-state index contributed by atoms with van der Waals surface area (Å²) in [5, 5.41) is 3.54. The number of halogens is 4. The molecule has 2 aromatic rings. The maximum absolute atomic E-state index is 13.4. The zero-order valence-electron chi connectivity index (χ0n) is 9.23. The number of aromatic amines is 1. The molecule has 0 saturated carbocycles. The Labute approximate surface area is 108 Å². The molecular weight excluding hydrogens is 308 g/mol. The van der Waals surface area contributed by atoms with Crippen LogP contribution in [0.2, 0.25) is 0 Å². The van der Waals surface area contributed by atoms with Crippen LogP contribution in [0.5, 0.6) is 5.88 Å². The topological polar surface area (TPSA) is 89.1 Å². The molecule has 2 rings (SSSR count). The Balaban J connectivity index is 2.67. The third-order valence-electron chi connectivity index (χ3n) is 2.20. The highest BCUT2D eigenvalue weighted by molar-refractivity contribution is 7.88. The zero-order valence-corrected chi connectivity index (χ0v) is 10.0. The highest BCUT2D eigenvalue weighted by atomic mass is 32.2. The molecular formula is C9H4F4N2O4S. The molecule has 0 unspecified atom stereocenters. The molecule has 1 aromatic carbocycles. The van der Waals surface area contributed by atoms with E-state index in [9.17, 15) is 30.8 Å². The predicted molar refractivity (Wildman–Crippen MR) is 57.9 cm³/mol. The van der Waals surface area contributed by atoms with Crippen molar-refractivity contribution in [2.24, 2.45) is 0 Å². The van der Waals surface area contributed by atoms with Crippen LogP contribution in [-0.2, 0) is 10.1 Å². The van der Waals surface area contributed by atoms with E-state index in [1.54, 1.807) is 5.10 Å². The van der Waals surface area contributed by atoms with Gasteiger partial charge in [-0.25, -0.2) is 9.49 Å². The Kier molecular flexibility index (Phi) is 3.16. The van der Waals surface area contributed by atoms with Gasteiger partial charge in [0.1, 0.15) is 5.82 Å². The fourth-order valence-corrected chi connectivity index (χ4v) is 1.79. The van der Waals surface area contributed by atoms with E-state index in [-0.39, 0.29) is 0 Å². The van der Waals surface area contributed by atoms with E-state index in [1.165, 1.54) is 0 Å². The van der Waals surface area contributed by atoms with Crippen LogP contribution < -0.4 is 9.74 Å². The first kappa shape index (κ1) is 14.2. The van der Waals surface area contributed by atoms with Crippen LogP contribution in [0, 0.1) is 5.82 Å². The van der Waals surface area contributed by atoms with E-state index in [2.05, 4.69) is 9.28 Å². The van der Waals surface area contributed by atoms with Crippen molar-refractivity contribution in [2.75, 3.05) is 0 Å². The fourth-order valence-electron chi connectivity index (χ4n) is 1.37. The first-order valence-corrected chi connectivity index (χ1v) is 6.22. The van der Waals surface area contributed by atoms with Crippen LogP contribution in [0.4, 0.5) is 17.6 Å². The maximum Gasteiger partial charge on any atom is 0.534 e. The number of H-pyrrole nitrogens is 1. The summed E-state index contributed by atoms with van der Waals surface area (Å²) >= 11 is 0. The van der Waals surface area contributed by atoms with Crippen LogP contribution in [0.1, 0.15) is 0 Å². The lowest BCUT2D eigenvalue weighted by atomic mass is 10.2. The second kappa shape index (κ2) is 4.44. The first-order valence-electron chi connectivity index (χ1n) is 4.81. The number of nitrogens with zero attached hydrogens (tertiary/aromatic N) is 1. The van der Waals surface area contributed by atoms with Crippen molar-refractivity contribution in [1.29, 1.82) is 0 Å². The van der Waals surface area contributed by atoms with Gasteiger partial charge in [-0.05, 0) is 12.1 Å². The van der Waals surface area contributed by atoms with Crippen molar-refractivity contribution >= 4 is 20.9 Å². The minimum atomic E-state index is -5.97. The number of benzene rings is 1. The lowest BCUT2D eigenvalue weighted by Gasteiger charge is -2.09. The molecule has 0 aliphatic carbocycles. The summed E-state index contributed by atoms with van der Waals surface area (Å²) in [6.07, 6.45) is 0. The van der Waals surface area contributed by atoms with Gasteiger partial charge >= 0.3 is 15.6 Å². The van der Waals surface area contributed by atoms with Gasteiger partial charge in [-0.2, -0.15) is 21.6 Å². The third-order valence-corrected chi connectivity index (χ3v) is 3.15. The van der Waals surface area contributed by atoms with Crippen molar-refractivity contribution < 1.29 is 30.2 Å². The SMILES string of the molecule is O=c1[nH]nc(OS(=O)(=O)C(F)(F)F)c2cccc(F)c12. The van der Waals surface area contributed by atoms with Crippen molar-refractivity contribution in [2.45, 2.75) is 5.51 Å². The summed E-state index contributed by atoms with van der Waals surface area (Å²) < 4.78 is 75.5. The van der Waals surface area contributed by atoms with Crippen LogP contribution in [-0.4, -0.2) is 24.1 Å². The van der Waals surface area contributed by atoms with E-state index in [1.807, 2.05) is 0 Å². The largest absolute Gasteiger partial charge is 0.534 e. The van der Waals surface area contributed by atoms with E-state index in [0.29, 0.717) is 0 Å². The Morgan fingerprint density at radius 1 is 1.25 bits per heavy atom. The Hall–Kier alpha value is -2.17. The van der Waals surface area contributed by atoms with E-state index < -0.39 is 43.7 Å². The molecule has 0 spiro atoms. The third kappa shape index (κ3) is 2.31. The van der Waals surface area contributed by atoms with Crippen molar-refractivity contribution in [1.82, 2.24) is 10.2 Å². The highest BCUT2D eigenvalue weighted by Crippen LogP contribution is 2.29. The van der Waals surface area contributed by atoms with Crippen molar-refractivity contribution in [3.8, 4) is 5.88 Å². The van der Waals surface area contributed by atoms with Crippen molar-refractivity contribution in [3.63, 3.8) is 0 Å². The normalized spacial score (nSPS) is 12.6. The minimum Gasteiger partial charge on any atom is -0.353 e. The Bertz CT molecular complexity index is 828. The monoisotopic (exact) mass is 312 g/mol. The van der Waals surface area contributed by atoms with Gasteiger partial charge < -0.3 is 4.18 Å². The number of alkyl halides is 3. The van der Waals surface area contributed by atoms with E-state index in [4.69, 9.17) is 0 Å². The second-order valence-electron chi connectivity index (χ2n) is 3.50. The average molecular weight is 312 g/mol. The molecule has 20 heavy (non-hydrogen) atoms. The van der Waals surface area contributed by atoms with Crippen LogP contribution >= 0.6 is 0 Å². The molecule has 0 aliphatic rings. The minimum absolute atomic E-state index is 0.499. The molecule has 1 N–H and O–H groups in total. The summed E-state index contributed by atoms with van der Waals surface area (Å²) in [4.78, 5) is 11.3. The molecule has 108 valence electrons. The van der Waals surface area contributed by atoms with E-state index in [0.717, 1.165) is 18.2 Å². The van der Waals surface area contributed by atoms with Crippen LogP contribution in [0.15, 0.2) is 23.0 Å². The van der Waals surface area contributed by atoms with Gasteiger partial charge in [-0.1, -0.05) is 6.07 Å². The van der Waals surface area contributed by atoms with Gasteiger partial charge in [-0.3, -0.25) is 4.79 Å². The molecule has 0 aliphatic heterocycles. The van der Waals surface area contributed by atoms with Gasteiger partial charge in [0.15, 0.2) is 0 Å². The predicted octanol–water partition coefficient (Wildman–Crippen LogP) is 1.29. The summed E-state index contributed by atoms with van der Waals surface area (Å²) in [6, 6.07) is 2.94. The average Bonchev–Trinajstić information content (AvgIpc) is 2.31. The number of aromatic nitrogens is 2. The molecule has 0 amide bonds. The summed E-state index contributed by atoms with van der Waals surface area (Å²) in [5.74, 6) is -2.13. The quantitative estimate of drug-likeness (QED) is 0.513. The standard InChI is InChI=1S/C9H4F4N2O4S/c10-5-3-1-2-4-6(5)7(16)14-15-8(4)19-20(17,18)9(11,12)13/h1-3H,(H,14,16). The van der Waals surface area contributed by atoms with Gasteiger partial charge in [-0.15, -0.1) is 5.10 Å². The van der Waals surface area contributed by atoms with Gasteiger partial charge in [0, 0.05) is 0 Å². The molecule has 11 heteroatoms. The lowest BCUT2D eigenvalue weighted by molar-refractivity contribution is -0.0501. The van der Waals surface area contributed by atoms with E-state index >= 15 is 0 Å². The molecule has 0 saturated heterocycles. The lowest BCUT2D eigenvalue weighted by Crippen LogP contribution is -2.29. The molecule has 0 bridgehead atoms. The number of hydrogen-bond acceptors (Lipinski definition) is 5. The summed E-state index contributed by atoms with van der Waals surface area (Å²) in [6.45, 7) is 0.